The van der Waals surface area contributed by atoms with Gasteiger partial charge in [0, 0.05) is 15.5 Å². The van der Waals surface area contributed by atoms with Gasteiger partial charge in [-0.25, -0.2) is 21.6 Å². The molecule has 112 valence electrons. The Morgan fingerprint density at radius 3 is 2.60 bits per heavy atom. The SMILES string of the molecule is O=S(=O)(NCC1CCCS1(=O)=O)c1cc(Br)ccc1Br. The fraction of sp³-hybridized carbons (Fsp3) is 0.455. The molecule has 0 spiro atoms. The molecule has 0 amide bonds. The highest BCUT2D eigenvalue weighted by Crippen LogP contribution is 2.26. The number of sulfone groups is 1. The van der Waals surface area contributed by atoms with E-state index in [1.54, 1.807) is 12.1 Å². The van der Waals surface area contributed by atoms with E-state index in [9.17, 15) is 16.8 Å². The van der Waals surface area contributed by atoms with E-state index < -0.39 is 25.1 Å². The van der Waals surface area contributed by atoms with Crippen LogP contribution < -0.4 is 4.72 Å². The van der Waals surface area contributed by atoms with Gasteiger partial charge in [0.25, 0.3) is 0 Å². The Kier molecular flexibility index (Phi) is 4.95. The van der Waals surface area contributed by atoms with Gasteiger partial charge in [0.1, 0.15) is 0 Å². The predicted octanol–water partition coefficient (Wildman–Crippen LogP) is 2.07. The van der Waals surface area contributed by atoms with E-state index in [2.05, 4.69) is 36.6 Å². The predicted molar refractivity (Wildman–Crippen MR) is 83.8 cm³/mol. The topological polar surface area (TPSA) is 80.3 Å². The number of sulfonamides is 1. The maximum absolute atomic E-state index is 12.2. The van der Waals surface area contributed by atoms with Crippen LogP contribution in [0.5, 0.6) is 0 Å². The normalized spacial score (nSPS) is 22.0. The number of rotatable bonds is 4. The van der Waals surface area contributed by atoms with Gasteiger partial charge in [0.2, 0.25) is 10.0 Å². The molecule has 1 heterocycles. The van der Waals surface area contributed by atoms with Gasteiger partial charge in [-0.2, -0.15) is 0 Å². The maximum Gasteiger partial charge on any atom is 0.241 e. The Morgan fingerprint density at radius 2 is 2.00 bits per heavy atom. The molecule has 9 heteroatoms. The summed E-state index contributed by atoms with van der Waals surface area (Å²) >= 11 is 6.40. The van der Waals surface area contributed by atoms with Crippen molar-refractivity contribution in [3.63, 3.8) is 0 Å². The molecular formula is C11H13Br2NO4S2. The fourth-order valence-corrected chi connectivity index (χ4v) is 6.50. The third-order valence-electron chi connectivity index (χ3n) is 3.15. The molecule has 0 aromatic heterocycles. The van der Waals surface area contributed by atoms with Gasteiger partial charge >= 0.3 is 0 Å². The molecule has 1 aliphatic heterocycles. The zero-order chi connectivity index (χ0) is 15.0. The summed E-state index contributed by atoms with van der Waals surface area (Å²) in [5.74, 6) is 0.139. The van der Waals surface area contributed by atoms with E-state index in [0.29, 0.717) is 21.8 Å². The Labute approximate surface area is 135 Å². The summed E-state index contributed by atoms with van der Waals surface area (Å²) in [5, 5.41) is -0.622. The van der Waals surface area contributed by atoms with E-state index in [4.69, 9.17) is 0 Å². The Balaban J connectivity index is 2.18. The lowest BCUT2D eigenvalue weighted by atomic mass is 10.2. The van der Waals surface area contributed by atoms with Crippen LogP contribution in [0.1, 0.15) is 12.8 Å². The maximum atomic E-state index is 12.2. The Bertz CT molecular complexity index is 716. The van der Waals surface area contributed by atoms with Crippen molar-refractivity contribution in [1.29, 1.82) is 0 Å². The second kappa shape index (κ2) is 6.04. The van der Waals surface area contributed by atoms with Gasteiger partial charge < -0.3 is 0 Å². The monoisotopic (exact) mass is 445 g/mol. The van der Waals surface area contributed by atoms with Crippen LogP contribution in [-0.4, -0.2) is 34.4 Å². The van der Waals surface area contributed by atoms with Crippen molar-refractivity contribution >= 4 is 51.7 Å². The first-order valence-electron chi connectivity index (χ1n) is 5.89. The van der Waals surface area contributed by atoms with Crippen LogP contribution in [0.4, 0.5) is 0 Å². The van der Waals surface area contributed by atoms with Crippen LogP contribution in [0.15, 0.2) is 32.0 Å². The number of halogens is 2. The highest BCUT2D eigenvalue weighted by molar-refractivity contribution is 9.11. The zero-order valence-electron chi connectivity index (χ0n) is 10.3. The van der Waals surface area contributed by atoms with Gasteiger partial charge in [-0.1, -0.05) is 15.9 Å². The van der Waals surface area contributed by atoms with Crippen LogP contribution in [0.2, 0.25) is 0 Å². The van der Waals surface area contributed by atoms with Gasteiger partial charge in [0.15, 0.2) is 9.84 Å². The summed E-state index contributed by atoms with van der Waals surface area (Å²) in [7, 11) is -6.90. The minimum atomic E-state index is -3.74. The third kappa shape index (κ3) is 3.62. The molecule has 0 saturated carbocycles. The largest absolute Gasteiger partial charge is 0.241 e. The molecule has 1 aromatic rings. The first-order valence-corrected chi connectivity index (χ1v) is 10.7. The molecule has 1 saturated heterocycles. The van der Waals surface area contributed by atoms with Gasteiger partial charge in [-0.05, 0) is 47.0 Å². The molecule has 1 N–H and O–H groups in total. The molecule has 1 atom stereocenters. The molecule has 1 aliphatic rings. The first kappa shape index (κ1) is 16.4. The van der Waals surface area contributed by atoms with Crippen molar-refractivity contribution < 1.29 is 16.8 Å². The average molecular weight is 447 g/mol. The van der Waals surface area contributed by atoms with Crippen molar-refractivity contribution in [2.45, 2.75) is 23.0 Å². The average Bonchev–Trinajstić information content (AvgIpc) is 2.69. The first-order chi connectivity index (χ1) is 9.22. The number of hydrogen-bond donors (Lipinski definition) is 1. The lowest BCUT2D eigenvalue weighted by molar-refractivity contribution is 0.570. The summed E-state index contributed by atoms with van der Waals surface area (Å²) in [6.07, 6.45) is 1.10. The summed E-state index contributed by atoms with van der Waals surface area (Å²) in [4.78, 5) is 0.0854. The highest BCUT2D eigenvalue weighted by atomic mass is 79.9. The van der Waals surface area contributed by atoms with E-state index in [-0.39, 0.29) is 17.2 Å². The van der Waals surface area contributed by atoms with Crippen LogP contribution in [0.25, 0.3) is 0 Å². The lowest BCUT2D eigenvalue weighted by Gasteiger charge is -2.12. The summed E-state index contributed by atoms with van der Waals surface area (Å²) in [5.41, 5.74) is 0. The Hall–Kier alpha value is 0.0400. The van der Waals surface area contributed by atoms with Gasteiger partial charge in [0.05, 0.1) is 15.9 Å². The molecule has 1 aromatic carbocycles. The van der Waals surface area contributed by atoms with E-state index in [1.807, 2.05) is 0 Å². The van der Waals surface area contributed by atoms with Crippen molar-refractivity contribution in [2.24, 2.45) is 0 Å². The second-order valence-electron chi connectivity index (χ2n) is 4.56. The van der Waals surface area contributed by atoms with Crippen LogP contribution in [0.3, 0.4) is 0 Å². The third-order valence-corrected chi connectivity index (χ3v) is 8.33. The van der Waals surface area contributed by atoms with Crippen LogP contribution in [-0.2, 0) is 19.9 Å². The summed E-state index contributed by atoms with van der Waals surface area (Å²) in [6, 6.07) is 4.80. The van der Waals surface area contributed by atoms with Crippen molar-refractivity contribution in [1.82, 2.24) is 4.72 Å². The van der Waals surface area contributed by atoms with Crippen molar-refractivity contribution in [2.75, 3.05) is 12.3 Å². The lowest BCUT2D eigenvalue weighted by Crippen LogP contribution is -2.34. The molecule has 1 unspecified atom stereocenters. The minimum Gasteiger partial charge on any atom is -0.229 e. The van der Waals surface area contributed by atoms with Gasteiger partial charge in [-0.3, -0.25) is 0 Å². The van der Waals surface area contributed by atoms with E-state index in [0.717, 1.165) is 0 Å². The quantitative estimate of drug-likeness (QED) is 0.767. The number of nitrogens with one attached hydrogen (secondary N) is 1. The molecule has 0 radical (unpaired) electrons. The number of benzene rings is 1. The summed E-state index contributed by atoms with van der Waals surface area (Å²) in [6.45, 7) is -0.0797. The van der Waals surface area contributed by atoms with Gasteiger partial charge in [-0.15, -0.1) is 0 Å². The Morgan fingerprint density at radius 1 is 1.30 bits per heavy atom. The number of hydrogen-bond acceptors (Lipinski definition) is 4. The molecule has 2 rings (SSSR count). The molecule has 0 bridgehead atoms. The summed E-state index contributed by atoms with van der Waals surface area (Å²) < 4.78 is 51.3. The van der Waals surface area contributed by atoms with E-state index >= 15 is 0 Å². The van der Waals surface area contributed by atoms with Crippen LogP contribution in [0, 0.1) is 0 Å². The standard InChI is InChI=1S/C11H13Br2NO4S2/c12-8-3-4-10(13)11(6-8)20(17,18)14-7-9-2-1-5-19(9,15)16/h3-4,6,9,14H,1-2,5,7H2. The molecule has 20 heavy (non-hydrogen) atoms. The highest BCUT2D eigenvalue weighted by Gasteiger charge is 2.32. The van der Waals surface area contributed by atoms with E-state index in [1.165, 1.54) is 6.07 Å². The minimum absolute atomic E-state index is 0.0797. The molecule has 1 fully saturated rings. The molecule has 5 nitrogen and oxygen atoms in total. The molecular weight excluding hydrogens is 434 g/mol. The van der Waals surface area contributed by atoms with Crippen LogP contribution >= 0.6 is 31.9 Å². The second-order valence-corrected chi connectivity index (χ2v) is 10.5. The zero-order valence-corrected chi connectivity index (χ0v) is 15.1. The van der Waals surface area contributed by atoms with Crippen molar-refractivity contribution in [3.8, 4) is 0 Å². The molecule has 0 aliphatic carbocycles. The smallest absolute Gasteiger partial charge is 0.229 e. The fourth-order valence-electron chi connectivity index (χ4n) is 2.05. The van der Waals surface area contributed by atoms with Crippen molar-refractivity contribution in [3.05, 3.63) is 27.1 Å².